The van der Waals surface area contributed by atoms with Gasteiger partial charge in [0, 0.05) is 17.8 Å². The van der Waals surface area contributed by atoms with Gasteiger partial charge >= 0.3 is 0 Å². The minimum absolute atomic E-state index is 0. The lowest BCUT2D eigenvalue weighted by Crippen LogP contribution is -2.69. The summed E-state index contributed by atoms with van der Waals surface area (Å²) in [6.45, 7) is 51.6. The lowest BCUT2D eigenvalue weighted by Gasteiger charge is -2.49. The van der Waals surface area contributed by atoms with Gasteiger partial charge in [-0.1, -0.05) is 35.1 Å². The first-order valence-electron chi connectivity index (χ1n) is 29.2. The van der Waals surface area contributed by atoms with Crippen LogP contribution in [0.4, 0.5) is 13.2 Å². The highest BCUT2D eigenvalue weighted by molar-refractivity contribution is 5.07. The highest BCUT2D eigenvalue weighted by Gasteiger charge is 2.61. The largest absolute Gasteiger partial charge is 0.391 e. The minimum atomic E-state index is -3.22. The van der Waals surface area contributed by atoms with Gasteiger partial charge in [-0.2, -0.15) is 0 Å². The average molecular weight is 1200 g/mol. The van der Waals surface area contributed by atoms with Crippen molar-refractivity contribution >= 4 is 0 Å². The third-order valence-corrected chi connectivity index (χ3v) is 14.0. The predicted octanol–water partition coefficient (Wildman–Crippen LogP) is 7.10. The average Bonchev–Trinajstić information content (AvgIpc) is 3.26. The van der Waals surface area contributed by atoms with E-state index in [1.54, 1.807) is 62.3 Å². The van der Waals surface area contributed by atoms with E-state index < -0.39 is 178 Å². The Bertz CT molecular complexity index is 1610. The molecule has 494 valence electrons. The molecule has 0 radical (unpaired) electrons. The van der Waals surface area contributed by atoms with Gasteiger partial charge in [0.05, 0.1) is 112 Å². The van der Waals surface area contributed by atoms with Crippen LogP contribution in [0.2, 0.25) is 0 Å². The molecule has 0 aromatic rings. The number of ether oxygens (including phenoxy) is 8. The number of aliphatic hydroxyl groups is 6. The van der Waals surface area contributed by atoms with Crippen molar-refractivity contribution in [3.8, 4) is 0 Å². The van der Waals surface area contributed by atoms with Gasteiger partial charge in [-0.15, -0.1) is 0 Å². The van der Waals surface area contributed by atoms with Gasteiger partial charge in [0.25, 0.3) is 5.92 Å². The molecule has 0 aromatic carbocycles. The monoisotopic (exact) mass is 1190 g/mol. The molecule has 18 nitrogen and oxygen atoms in total. The Kier molecular flexibility index (Phi) is 29.3. The Morgan fingerprint density at radius 3 is 0.744 bits per heavy atom. The molecule has 0 spiro atoms. The molecule has 0 amide bonds. The van der Waals surface area contributed by atoms with E-state index in [4.69, 9.17) is 60.8 Å². The van der Waals surface area contributed by atoms with Crippen molar-refractivity contribution in [1.82, 2.24) is 0 Å². The highest BCUT2D eigenvalue weighted by atomic mass is 19.3. The van der Waals surface area contributed by atoms with Gasteiger partial charge in [0.1, 0.15) is 55.0 Å². The van der Waals surface area contributed by atoms with Crippen LogP contribution in [0, 0.1) is 23.7 Å². The van der Waals surface area contributed by atoms with Crippen LogP contribution in [0.15, 0.2) is 0 Å². The number of aliphatic hydroxyl groups excluding tert-OH is 6. The third-order valence-electron chi connectivity index (χ3n) is 14.0. The third kappa shape index (κ3) is 24.9. The van der Waals surface area contributed by atoms with Crippen LogP contribution in [0.25, 0.3) is 0 Å². The zero-order valence-electron chi connectivity index (χ0n) is 55.2. The molecule has 23 atom stereocenters. The zero-order valence-corrected chi connectivity index (χ0v) is 55.2. The summed E-state index contributed by atoms with van der Waals surface area (Å²) in [5.41, 5.74) is 20.1. The van der Waals surface area contributed by atoms with E-state index in [-0.39, 0.29) is 19.3 Å². The molecule has 0 aromatic heterocycles. The Balaban J connectivity index is 0.00000106. The molecule has 0 saturated heterocycles. The standard InChI is InChI=1S/C15H29F2NO3.C15H30FNO3.2C15H31NO4.CH4/c1-8-9(19)10(20-13(2,3)4)11(21-14(5,6)7)12(18)15(8,16)17;1-8-9(16)10(17)12(19-14(2,3)4)13(11(8)18)20-15(5,6)7;2*1-8-10(17)9(16)12(19-14(2,3)4)13(11(8)18)20-15(5,6)7;/h8-12,19H,18H2,1-7H3;8-13,18H,17H2,1-7H3;2*8-13,17-18H,16H2,1-7H3;1H4/t8-,9-,10+,11-,12+;2*8-,9+,10+,11+,12-,13-;8-,9+,10-,11+,12-,13-;/m0111./s1. The number of halogens is 3. The maximum absolute atomic E-state index is 14.3. The van der Waals surface area contributed by atoms with Crippen LogP contribution in [0.5, 0.6) is 0 Å². The number of rotatable bonds is 8. The van der Waals surface area contributed by atoms with Crippen molar-refractivity contribution in [2.75, 3.05) is 0 Å². The van der Waals surface area contributed by atoms with Gasteiger partial charge in [0.15, 0.2) is 0 Å². The maximum Gasteiger partial charge on any atom is 0.270 e. The van der Waals surface area contributed by atoms with Crippen molar-refractivity contribution in [2.24, 2.45) is 46.6 Å². The summed E-state index contributed by atoms with van der Waals surface area (Å²) in [5.74, 6) is -5.78. The van der Waals surface area contributed by atoms with Crippen molar-refractivity contribution in [3.63, 3.8) is 0 Å². The molecule has 0 aliphatic heterocycles. The lowest BCUT2D eigenvalue weighted by atomic mass is 9.77. The second-order valence-electron chi connectivity index (χ2n) is 31.2. The molecule has 4 aliphatic carbocycles. The summed E-state index contributed by atoms with van der Waals surface area (Å²) in [5, 5.41) is 61.9. The van der Waals surface area contributed by atoms with Crippen molar-refractivity contribution in [1.29, 1.82) is 0 Å². The molecule has 4 aliphatic rings. The van der Waals surface area contributed by atoms with E-state index in [9.17, 15) is 43.8 Å². The fraction of sp³-hybridized carbons (Fsp3) is 1.00. The van der Waals surface area contributed by atoms with Gasteiger partial charge in [-0.3, -0.25) is 0 Å². The molecule has 0 heterocycles. The van der Waals surface area contributed by atoms with E-state index in [1.165, 1.54) is 6.92 Å². The number of alkyl halides is 3. The Morgan fingerprint density at radius 1 is 0.305 bits per heavy atom. The molecule has 4 saturated carbocycles. The maximum atomic E-state index is 14.3. The summed E-state index contributed by atoms with van der Waals surface area (Å²) in [7, 11) is 0. The molecule has 4 fully saturated rings. The normalized spacial score (nSPS) is 38.8. The molecular weight excluding hydrogens is 1070 g/mol. The quantitative estimate of drug-likeness (QED) is 0.116. The Labute approximate surface area is 494 Å². The van der Waals surface area contributed by atoms with Gasteiger partial charge in [-0.05, 0) is 166 Å². The predicted molar refractivity (Wildman–Crippen MR) is 318 cm³/mol. The molecular formula is C61H125F3N4O14. The van der Waals surface area contributed by atoms with Crippen LogP contribution in [0.1, 0.15) is 201 Å². The van der Waals surface area contributed by atoms with Gasteiger partial charge in [0.2, 0.25) is 0 Å². The summed E-state index contributed by atoms with van der Waals surface area (Å²) < 4.78 is 89.9. The van der Waals surface area contributed by atoms with Crippen LogP contribution in [0.3, 0.4) is 0 Å². The molecule has 82 heavy (non-hydrogen) atoms. The number of nitrogens with two attached hydrogens (primary N) is 4. The second kappa shape index (κ2) is 29.6. The summed E-state index contributed by atoms with van der Waals surface area (Å²) >= 11 is 0. The molecule has 14 N–H and O–H groups in total. The smallest absolute Gasteiger partial charge is 0.270 e. The molecule has 0 bridgehead atoms. The fourth-order valence-corrected chi connectivity index (χ4v) is 10.2. The first-order valence-corrected chi connectivity index (χ1v) is 29.2. The summed E-state index contributed by atoms with van der Waals surface area (Å²) in [6, 6.07) is -3.50. The lowest BCUT2D eigenvalue weighted by molar-refractivity contribution is -0.272. The van der Waals surface area contributed by atoms with Gasteiger partial charge < -0.3 is 91.5 Å². The second-order valence-corrected chi connectivity index (χ2v) is 31.2. The van der Waals surface area contributed by atoms with Crippen molar-refractivity contribution in [2.45, 2.75) is 368 Å². The van der Waals surface area contributed by atoms with Crippen LogP contribution >= 0.6 is 0 Å². The summed E-state index contributed by atoms with van der Waals surface area (Å²) in [4.78, 5) is 0. The van der Waals surface area contributed by atoms with Crippen LogP contribution < -0.4 is 22.9 Å². The van der Waals surface area contributed by atoms with Crippen molar-refractivity contribution < 1.29 is 81.7 Å². The van der Waals surface area contributed by atoms with E-state index in [2.05, 4.69) is 0 Å². The van der Waals surface area contributed by atoms with E-state index >= 15 is 0 Å². The van der Waals surface area contributed by atoms with E-state index in [1.807, 2.05) is 125 Å². The molecule has 21 heteroatoms. The van der Waals surface area contributed by atoms with Gasteiger partial charge in [-0.25, -0.2) is 13.2 Å². The SMILES string of the molecule is C.C[C@@H]1[C@@H](O)[C@H](N)[C@@H](OC(C)(C)C)[C@H](OC(C)(C)C)[C@H]1O.C[C@@H]1[C@H](O)[C@H](N)[C@@H](OC(C)(C)C)[C@H](OC(C)(C)C)[C@H]1O.C[C@H]1[C@H](O)[C@@H](OC(C)(C)C)[C@H](OC(C)(C)C)[C@@H](N)C1(F)F.C[C@H]1[C@H](O)[C@@H](OC(C)(C)C)[C@H](OC(C)(C)C)[C@@H](N)[C@H]1F. The first-order chi connectivity index (χ1) is 35.7. The van der Waals surface area contributed by atoms with Crippen LogP contribution in [-0.4, -0.2) is 197 Å². The zero-order chi connectivity index (χ0) is 64.4. The number of hydrogen-bond acceptors (Lipinski definition) is 18. The van der Waals surface area contributed by atoms with Crippen molar-refractivity contribution in [3.05, 3.63) is 0 Å². The Morgan fingerprint density at radius 2 is 0.500 bits per heavy atom. The minimum Gasteiger partial charge on any atom is -0.391 e. The summed E-state index contributed by atoms with van der Waals surface area (Å²) in [6.07, 6.45) is -12.3. The fourth-order valence-electron chi connectivity index (χ4n) is 10.2. The van der Waals surface area contributed by atoms with Crippen LogP contribution in [-0.2, 0) is 37.9 Å². The molecule has 4 rings (SSSR count). The Hall–Kier alpha value is -0.930. The first kappa shape index (κ1) is 81.1. The highest BCUT2D eigenvalue weighted by Crippen LogP contribution is 2.43. The number of hydrogen-bond donors (Lipinski definition) is 10. The topological polar surface area (TPSA) is 299 Å². The van der Waals surface area contributed by atoms with E-state index in [0.29, 0.717) is 0 Å². The molecule has 0 unspecified atom stereocenters. The van der Waals surface area contributed by atoms with E-state index in [0.717, 1.165) is 0 Å².